The minimum atomic E-state index is -4.07. The number of nitrogens with zero attached hydrogens (tertiary/aromatic N) is 3. The number of nitrogens with one attached hydrogen (secondary N) is 1. The van der Waals surface area contributed by atoms with Crippen LogP contribution in [0.15, 0.2) is 71.6 Å². The molecular formula is C34H36F2N4O4S. The van der Waals surface area contributed by atoms with Crippen LogP contribution in [0.3, 0.4) is 0 Å². The second-order valence-corrected chi connectivity index (χ2v) is 14.5. The molecule has 1 spiro atoms. The number of benzene rings is 3. The van der Waals surface area contributed by atoms with E-state index in [1.165, 1.54) is 22.5 Å². The molecule has 1 N–H and O–H groups in total. The third kappa shape index (κ3) is 5.39. The molecule has 3 aromatic carbocycles. The van der Waals surface area contributed by atoms with E-state index in [9.17, 15) is 26.8 Å². The first-order valence-electron chi connectivity index (χ1n) is 15.6. The minimum absolute atomic E-state index is 0.0156. The number of sulfonamides is 1. The topological polar surface area (TPSA) is 90.0 Å². The largest absolute Gasteiger partial charge is 0.348 e. The fourth-order valence-electron chi connectivity index (χ4n) is 7.31. The smallest absolute Gasteiger partial charge is 0.264 e. The molecule has 7 rings (SSSR count). The summed E-state index contributed by atoms with van der Waals surface area (Å²) in [6, 6.07) is 15.9. The number of halogens is 2. The number of hydrogen-bond donors (Lipinski definition) is 1. The lowest BCUT2D eigenvalue weighted by molar-refractivity contribution is -0.136. The summed E-state index contributed by atoms with van der Waals surface area (Å²) in [5, 5.41) is 2.81. The highest BCUT2D eigenvalue weighted by Gasteiger charge is 2.60. The van der Waals surface area contributed by atoms with Gasteiger partial charge in [0.15, 0.2) is 0 Å². The Labute approximate surface area is 262 Å². The lowest BCUT2D eigenvalue weighted by atomic mass is 9.68. The Morgan fingerprint density at radius 2 is 1.62 bits per heavy atom. The van der Waals surface area contributed by atoms with E-state index in [1.807, 2.05) is 11.0 Å². The molecule has 3 aliphatic heterocycles. The molecule has 1 atom stereocenters. The van der Waals surface area contributed by atoms with E-state index >= 15 is 0 Å². The van der Waals surface area contributed by atoms with Gasteiger partial charge >= 0.3 is 0 Å². The van der Waals surface area contributed by atoms with E-state index < -0.39 is 27.1 Å². The van der Waals surface area contributed by atoms with Crippen LogP contribution in [0.2, 0.25) is 0 Å². The van der Waals surface area contributed by atoms with Gasteiger partial charge in [0.05, 0.1) is 23.2 Å². The molecule has 3 aromatic rings. The fraction of sp³-hybridized carbons (Fsp3) is 0.412. The zero-order chi connectivity index (χ0) is 31.3. The van der Waals surface area contributed by atoms with Gasteiger partial charge in [0.1, 0.15) is 11.6 Å². The maximum absolute atomic E-state index is 14.3. The van der Waals surface area contributed by atoms with Crippen LogP contribution >= 0.6 is 0 Å². The lowest BCUT2D eigenvalue weighted by Gasteiger charge is -2.45. The van der Waals surface area contributed by atoms with E-state index in [0.717, 1.165) is 50.0 Å². The monoisotopic (exact) mass is 634 g/mol. The van der Waals surface area contributed by atoms with Crippen molar-refractivity contribution in [3.63, 3.8) is 0 Å². The van der Waals surface area contributed by atoms with Crippen LogP contribution < -0.4 is 9.62 Å². The van der Waals surface area contributed by atoms with Gasteiger partial charge in [0.2, 0.25) is 5.91 Å². The van der Waals surface area contributed by atoms with E-state index in [0.29, 0.717) is 49.3 Å². The van der Waals surface area contributed by atoms with Crippen LogP contribution in [-0.4, -0.2) is 68.8 Å². The van der Waals surface area contributed by atoms with Crippen molar-refractivity contribution in [2.75, 3.05) is 37.0 Å². The number of anilines is 1. The summed E-state index contributed by atoms with van der Waals surface area (Å²) in [5.41, 5.74) is 1.51. The number of likely N-dealkylation sites (tertiary alicyclic amines) is 2. The first kappa shape index (κ1) is 29.9. The van der Waals surface area contributed by atoms with Crippen molar-refractivity contribution >= 4 is 27.5 Å². The Morgan fingerprint density at radius 1 is 0.911 bits per heavy atom. The molecule has 0 bridgehead atoms. The second kappa shape index (κ2) is 11.5. The number of rotatable bonds is 8. The molecular weight excluding hydrogens is 598 g/mol. The van der Waals surface area contributed by atoms with E-state index in [2.05, 4.69) is 10.2 Å². The average molecular weight is 635 g/mol. The average Bonchev–Trinajstić information content (AvgIpc) is 3.80. The number of carbonyl (C=O) groups is 2. The highest BCUT2D eigenvalue weighted by molar-refractivity contribution is 7.92. The number of amides is 2. The third-order valence-electron chi connectivity index (χ3n) is 10.0. The van der Waals surface area contributed by atoms with Crippen molar-refractivity contribution < 1.29 is 26.8 Å². The van der Waals surface area contributed by atoms with Gasteiger partial charge in [-0.15, -0.1) is 0 Å². The first-order valence-corrected chi connectivity index (χ1v) is 17.1. The molecule has 4 aliphatic rings. The Hall–Kier alpha value is -3.83. The summed E-state index contributed by atoms with van der Waals surface area (Å²) in [6.45, 7) is 3.20. The number of hydrogen-bond acceptors (Lipinski definition) is 5. The van der Waals surface area contributed by atoms with E-state index in [-0.39, 0.29) is 35.2 Å². The maximum Gasteiger partial charge on any atom is 0.264 e. The van der Waals surface area contributed by atoms with Gasteiger partial charge < -0.3 is 10.2 Å². The van der Waals surface area contributed by atoms with Gasteiger partial charge in [-0.2, -0.15) is 0 Å². The van der Waals surface area contributed by atoms with Crippen LogP contribution in [0.4, 0.5) is 14.5 Å². The maximum atomic E-state index is 14.3. The second-order valence-electron chi connectivity index (χ2n) is 12.7. The minimum Gasteiger partial charge on any atom is -0.348 e. The number of piperidine rings is 1. The molecule has 236 valence electrons. The molecule has 1 saturated carbocycles. The fourth-order valence-corrected chi connectivity index (χ4v) is 9.11. The number of carbonyl (C=O) groups excluding carboxylic acids is 2. The quantitative estimate of drug-likeness (QED) is 0.396. The van der Waals surface area contributed by atoms with Crippen molar-refractivity contribution in [2.45, 2.75) is 55.0 Å². The normalized spacial score (nSPS) is 21.0. The van der Waals surface area contributed by atoms with Crippen LogP contribution in [0.5, 0.6) is 0 Å². The lowest BCUT2D eigenvalue weighted by Crippen LogP contribution is -2.55. The van der Waals surface area contributed by atoms with Crippen molar-refractivity contribution in [2.24, 2.45) is 5.92 Å². The Morgan fingerprint density at radius 3 is 2.27 bits per heavy atom. The highest BCUT2D eigenvalue weighted by atomic mass is 32.2. The zero-order valence-electron chi connectivity index (χ0n) is 24.9. The first-order chi connectivity index (χ1) is 21.7. The Bertz CT molecular complexity index is 1730. The molecule has 11 heteroatoms. The SMILES string of the molecule is O=C(NCc1ccccc1F)c1ccc2c(c1)C1(CCN(CC(=O)N3CCC3)CC1)[C@@H](C1CC1)N2S(=O)(=O)c1ccc(F)cc1. The third-order valence-corrected chi connectivity index (χ3v) is 11.8. The molecule has 2 saturated heterocycles. The predicted molar refractivity (Wildman–Crippen MR) is 165 cm³/mol. The summed E-state index contributed by atoms with van der Waals surface area (Å²) in [5.74, 6) is -1.04. The van der Waals surface area contributed by atoms with Gasteiger partial charge in [-0.3, -0.25) is 18.8 Å². The standard InChI is InChI=1S/C34H36F2N4O4S/c35-26-9-11-27(12-10-26)45(43,44)40-30-13-8-24(33(42)37-21-25-4-1-2-5-29(25)36)20-28(30)34(32(40)23-6-7-23)14-18-38(19-15-34)22-31(41)39-16-3-17-39/h1-2,4-5,8-13,20,23,32H,3,6-7,14-19,21-22H2,(H,37,42)/t32-/m1/s1. The van der Waals surface area contributed by atoms with Crippen LogP contribution in [0.1, 0.15) is 53.6 Å². The van der Waals surface area contributed by atoms with Gasteiger partial charge in [0, 0.05) is 36.2 Å². The molecule has 1 aliphatic carbocycles. The van der Waals surface area contributed by atoms with Crippen molar-refractivity contribution in [1.82, 2.24) is 15.1 Å². The van der Waals surface area contributed by atoms with Crippen molar-refractivity contribution in [3.8, 4) is 0 Å². The Balaban J connectivity index is 1.24. The molecule has 45 heavy (non-hydrogen) atoms. The van der Waals surface area contributed by atoms with Gasteiger partial charge in [-0.25, -0.2) is 17.2 Å². The summed E-state index contributed by atoms with van der Waals surface area (Å²) >= 11 is 0. The predicted octanol–water partition coefficient (Wildman–Crippen LogP) is 4.45. The Kier molecular flexibility index (Phi) is 7.64. The van der Waals surface area contributed by atoms with Crippen LogP contribution in [0.25, 0.3) is 0 Å². The molecule has 0 radical (unpaired) electrons. The van der Waals surface area contributed by atoms with E-state index in [1.54, 1.807) is 30.3 Å². The van der Waals surface area contributed by atoms with Crippen LogP contribution in [-0.2, 0) is 26.8 Å². The molecule has 2 amide bonds. The van der Waals surface area contributed by atoms with Crippen molar-refractivity contribution in [3.05, 3.63) is 95.1 Å². The van der Waals surface area contributed by atoms with E-state index in [4.69, 9.17) is 0 Å². The van der Waals surface area contributed by atoms with Gasteiger partial charge in [-0.05, 0) is 105 Å². The summed E-state index contributed by atoms with van der Waals surface area (Å²) in [7, 11) is -4.07. The number of fused-ring (bicyclic) bond motifs is 2. The zero-order valence-corrected chi connectivity index (χ0v) is 25.7. The van der Waals surface area contributed by atoms with Crippen molar-refractivity contribution in [1.29, 1.82) is 0 Å². The molecule has 3 fully saturated rings. The van der Waals surface area contributed by atoms with Crippen LogP contribution in [0, 0.1) is 17.6 Å². The molecule has 0 unspecified atom stereocenters. The highest BCUT2D eigenvalue weighted by Crippen LogP contribution is 2.59. The van der Waals surface area contributed by atoms with Gasteiger partial charge in [-0.1, -0.05) is 18.2 Å². The molecule has 0 aromatic heterocycles. The molecule has 3 heterocycles. The van der Waals surface area contributed by atoms with Gasteiger partial charge in [0.25, 0.3) is 15.9 Å². The summed E-state index contributed by atoms with van der Waals surface area (Å²) < 4.78 is 58.2. The summed E-state index contributed by atoms with van der Waals surface area (Å²) in [4.78, 5) is 30.2. The summed E-state index contributed by atoms with van der Waals surface area (Å²) in [6.07, 6.45) is 4.07. The molecule has 8 nitrogen and oxygen atoms in total.